The molecule has 1 amide bonds. The van der Waals surface area contributed by atoms with E-state index in [1.807, 2.05) is 90.5 Å². The minimum Gasteiger partial charge on any atom is -0.465 e. The second-order valence-electron chi connectivity index (χ2n) is 11.3. The summed E-state index contributed by atoms with van der Waals surface area (Å²) in [5.41, 5.74) is 5.05. The topological polar surface area (TPSA) is 94.7 Å². The number of nitrogens with zero attached hydrogens (tertiary/aromatic N) is 3. The Morgan fingerprint density at radius 3 is 2.44 bits per heavy atom. The molecule has 0 unspecified atom stereocenters. The van der Waals surface area contributed by atoms with Gasteiger partial charge in [0.15, 0.2) is 4.80 Å². The van der Waals surface area contributed by atoms with Crippen LogP contribution in [0.25, 0.3) is 17.0 Å². The zero-order chi connectivity index (χ0) is 31.7. The predicted octanol–water partition coefficient (Wildman–Crippen LogP) is 5.52. The van der Waals surface area contributed by atoms with Crippen molar-refractivity contribution in [1.82, 2.24) is 9.13 Å². The Morgan fingerprint density at radius 2 is 1.73 bits per heavy atom. The van der Waals surface area contributed by atoms with Crippen LogP contribution in [0.5, 0.6) is 0 Å². The summed E-state index contributed by atoms with van der Waals surface area (Å²) < 4.78 is 9.13. The average molecular weight is 619 g/mol. The van der Waals surface area contributed by atoms with Gasteiger partial charge in [0.1, 0.15) is 6.54 Å². The van der Waals surface area contributed by atoms with Crippen LogP contribution < -0.4 is 20.2 Å². The molecular formula is C36H34N4O4S. The molecule has 1 N–H and O–H groups in total. The second kappa shape index (κ2) is 12.5. The number of aromatic nitrogens is 2. The third-order valence-corrected chi connectivity index (χ3v) is 8.91. The van der Waals surface area contributed by atoms with E-state index in [1.165, 1.54) is 16.9 Å². The van der Waals surface area contributed by atoms with Crippen molar-refractivity contribution in [2.45, 2.75) is 46.2 Å². The van der Waals surface area contributed by atoms with Crippen molar-refractivity contribution in [3.05, 3.63) is 133 Å². The van der Waals surface area contributed by atoms with Gasteiger partial charge in [-0.3, -0.25) is 19.0 Å². The van der Waals surface area contributed by atoms with Gasteiger partial charge in [-0.05, 0) is 55.2 Å². The summed E-state index contributed by atoms with van der Waals surface area (Å²) >= 11 is 1.29. The van der Waals surface area contributed by atoms with Crippen molar-refractivity contribution in [3.63, 3.8) is 0 Å². The second-order valence-corrected chi connectivity index (χ2v) is 12.3. The van der Waals surface area contributed by atoms with Crippen LogP contribution in [-0.2, 0) is 20.9 Å². The normalized spacial score (nSPS) is 14.9. The van der Waals surface area contributed by atoms with Crippen LogP contribution in [0.15, 0.2) is 106 Å². The number of hydrogen-bond donors (Lipinski definition) is 1. The molecule has 0 radical (unpaired) electrons. The molecule has 8 nitrogen and oxygen atoms in total. The van der Waals surface area contributed by atoms with Crippen molar-refractivity contribution in [2.75, 3.05) is 11.9 Å². The summed E-state index contributed by atoms with van der Waals surface area (Å²) in [6.07, 6.45) is 3.71. The lowest BCUT2D eigenvalue weighted by Crippen LogP contribution is -2.40. The van der Waals surface area contributed by atoms with Crippen molar-refractivity contribution < 1.29 is 14.3 Å². The van der Waals surface area contributed by atoms with E-state index in [1.54, 1.807) is 11.5 Å². The van der Waals surface area contributed by atoms with Crippen molar-refractivity contribution in [2.24, 2.45) is 4.99 Å². The number of benzene rings is 3. The lowest BCUT2D eigenvalue weighted by atomic mass is 9.93. The van der Waals surface area contributed by atoms with Crippen LogP contribution in [0, 0.1) is 0 Å². The van der Waals surface area contributed by atoms with Crippen LogP contribution in [0.3, 0.4) is 0 Å². The van der Waals surface area contributed by atoms with E-state index >= 15 is 0 Å². The van der Waals surface area contributed by atoms with Gasteiger partial charge in [0.25, 0.3) is 11.5 Å². The molecule has 9 heteroatoms. The maximum atomic E-state index is 14.3. The minimum absolute atomic E-state index is 0.0644. The summed E-state index contributed by atoms with van der Waals surface area (Å²) in [6, 6.07) is 24.4. The summed E-state index contributed by atoms with van der Waals surface area (Å²) in [6.45, 7) is 8.22. The summed E-state index contributed by atoms with van der Waals surface area (Å²) in [5, 5.41) is 3.91. The Labute approximate surface area is 264 Å². The van der Waals surface area contributed by atoms with Crippen LogP contribution >= 0.6 is 11.3 Å². The number of anilines is 1. The summed E-state index contributed by atoms with van der Waals surface area (Å²) in [4.78, 5) is 45.7. The highest BCUT2D eigenvalue weighted by Crippen LogP contribution is 2.32. The fraction of sp³-hybridized carbons (Fsp3) is 0.222. The molecule has 1 aliphatic rings. The Balaban J connectivity index is 1.49. The van der Waals surface area contributed by atoms with Crippen LogP contribution in [0.1, 0.15) is 56.3 Å². The molecule has 6 rings (SSSR count). The number of thiazole rings is 1. The molecule has 0 saturated carbocycles. The number of esters is 1. The number of hydrogen-bond acceptors (Lipinski definition) is 6. The smallest absolute Gasteiger partial charge is 0.325 e. The number of ether oxygens (including phenoxy) is 1. The molecule has 0 bridgehead atoms. The average Bonchev–Trinajstić information content (AvgIpc) is 3.53. The van der Waals surface area contributed by atoms with Gasteiger partial charge < -0.3 is 14.6 Å². The van der Waals surface area contributed by atoms with Gasteiger partial charge in [-0.1, -0.05) is 85.8 Å². The van der Waals surface area contributed by atoms with Crippen molar-refractivity contribution in [3.8, 4) is 0 Å². The Hall–Kier alpha value is -5.02. The molecule has 2 aromatic heterocycles. The highest BCUT2D eigenvalue weighted by molar-refractivity contribution is 7.07. The molecule has 1 aliphatic heterocycles. The summed E-state index contributed by atoms with van der Waals surface area (Å²) in [7, 11) is 0. The number of nitrogens with one attached hydrogen (secondary N) is 1. The standard InChI is InChI=1S/C36H34N4O4S/c1-5-44-31(41)21-39-20-26(28-13-9-10-14-29(28)39)19-30-35(43)40-33(25-17-15-24(16-18-25)22(2)3)32(23(4)37-36(40)45-30)34(42)38-27-11-7-6-8-12-27/h6-20,22,33H,5,21H2,1-4H3,(H,38,42)/b30-19-/t33-/m1/s1. The molecule has 45 heavy (non-hydrogen) atoms. The number of fused-ring (bicyclic) bond motifs is 2. The van der Waals surface area contributed by atoms with Crippen LogP contribution in [0.4, 0.5) is 5.69 Å². The van der Waals surface area contributed by atoms with E-state index in [0.717, 1.165) is 22.0 Å². The molecule has 0 saturated heterocycles. The Bertz CT molecular complexity index is 2120. The molecule has 1 atom stereocenters. The quantitative estimate of drug-likeness (QED) is 0.232. The molecule has 228 valence electrons. The number of carbonyl (C=O) groups is 2. The van der Waals surface area contributed by atoms with E-state index in [4.69, 9.17) is 9.73 Å². The molecule has 0 spiro atoms. The van der Waals surface area contributed by atoms with E-state index in [9.17, 15) is 14.4 Å². The van der Waals surface area contributed by atoms with Gasteiger partial charge in [0.05, 0.1) is 28.5 Å². The minimum atomic E-state index is -0.668. The molecule has 3 aromatic carbocycles. The molecular weight excluding hydrogens is 584 g/mol. The van der Waals surface area contributed by atoms with E-state index in [0.29, 0.717) is 38.8 Å². The van der Waals surface area contributed by atoms with Gasteiger partial charge in [-0.25, -0.2) is 4.99 Å². The number of rotatable bonds is 8. The highest BCUT2D eigenvalue weighted by atomic mass is 32.1. The molecule has 3 heterocycles. The lowest BCUT2D eigenvalue weighted by Gasteiger charge is -2.25. The maximum absolute atomic E-state index is 14.3. The monoisotopic (exact) mass is 618 g/mol. The first-order valence-electron chi connectivity index (χ1n) is 15.0. The number of para-hydroxylation sites is 2. The van der Waals surface area contributed by atoms with Crippen molar-refractivity contribution in [1.29, 1.82) is 0 Å². The number of allylic oxidation sites excluding steroid dienone is 1. The van der Waals surface area contributed by atoms with Gasteiger partial charge in [-0.15, -0.1) is 0 Å². The third-order valence-electron chi connectivity index (χ3n) is 7.93. The molecule has 0 aliphatic carbocycles. The van der Waals surface area contributed by atoms with Gasteiger partial charge >= 0.3 is 5.97 Å². The van der Waals surface area contributed by atoms with Gasteiger partial charge in [-0.2, -0.15) is 0 Å². The number of amides is 1. The van der Waals surface area contributed by atoms with E-state index in [-0.39, 0.29) is 24.0 Å². The Kier molecular flexibility index (Phi) is 8.36. The highest BCUT2D eigenvalue weighted by Gasteiger charge is 2.32. The van der Waals surface area contributed by atoms with Gasteiger partial charge in [0.2, 0.25) is 0 Å². The van der Waals surface area contributed by atoms with E-state index < -0.39 is 6.04 Å². The zero-order valence-electron chi connectivity index (χ0n) is 25.6. The fourth-order valence-electron chi connectivity index (χ4n) is 5.72. The zero-order valence-corrected chi connectivity index (χ0v) is 26.4. The first-order valence-corrected chi connectivity index (χ1v) is 15.8. The number of carbonyl (C=O) groups excluding carboxylic acids is 2. The third kappa shape index (κ3) is 5.91. The SMILES string of the molecule is CCOC(=O)Cn1cc(/C=c2\sc3n(c2=O)[C@H](c2ccc(C(C)C)cc2)C(C(=O)Nc2ccccc2)=C(C)N=3)c2ccccc21. The van der Waals surface area contributed by atoms with Crippen LogP contribution in [-0.4, -0.2) is 27.6 Å². The van der Waals surface area contributed by atoms with Crippen LogP contribution in [0.2, 0.25) is 0 Å². The summed E-state index contributed by atoms with van der Waals surface area (Å²) in [5.74, 6) is -0.300. The first kappa shape index (κ1) is 30.0. The molecule has 0 fully saturated rings. The fourth-order valence-corrected chi connectivity index (χ4v) is 6.76. The predicted molar refractivity (Wildman–Crippen MR) is 178 cm³/mol. The largest absolute Gasteiger partial charge is 0.465 e. The molecule has 5 aromatic rings. The van der Waals surface area contributed by atoms with Crippen molar-refractivity contribution >= 4 is 45.9 Å². The van der Waals surface area contributed by atoms with E-state index in [2.05, 4.69) is 31.3 Å². The van der Waals surface area contributed by atoms with Gasteiger partial charge in [0, 0.05) is 28.4 Å². The lowest BCUT2D eigenvalue weighted by molar-refractivity contribution is -0.143. The maximum Gasteiger partial charge on any atom is 0.325 e. The first-order chi connectivity index (χ1) is 21.7. The Morgan fingerprint density at radius 1 is 1.02 bits per heavy atom.